The third-order valence-electron chi connectivity index (χ3n) is 7.35. The topological polar surface area (TPSA) is 61.6 Å². The Bertz CT molecular complexity index is 1600. The first-order valence-corrected chi connectivity index (χ1v) is 13.1. The fourth-order valence-corrected chi connectivity index (χ4v) is 5.04. The van der Waals surface area contributed by atoms with Gasteiger partial charge >= 0.3 is 0 Å². The van der Waals surface area contributed by atoms with Crippen molar-refractivity contribution in [1.29, 1.82) is 0 Å². The highest BCUT2D eigenvalue weighted by Crippen LogP contribution is 2.37. The first kappa shape index (κ1) is 24.4. The molecule has 1 aliphatic heterocycles. The summed E-state index contributed by atoms with van der Waals surface area (Å²) in [6.45, 7) is 9.10. The maximum absolute atomic E-state index is 6.24. The van der Waals surface area contributed by atoms with Crippen LogP contribution in [0.1, 0.15) is 11.1 Å². The third kappa shape index (κ3) is 4.59. The summed E-state index contributed by atoms with van der Waals surface area (Å²) >= 11 is 0. The zero-order valence-corrected chi connectivity index (χ0v) is 22.1. The van der Waals surface area contributed by atoms with Gasteiger partial charge in [-0.25, -0.2) is 4.68 Å². The number of morpholine rings is 1. The van der Waals surface area contributed by atoms with E-state index >= 15 is 0 Å². The molecule has 1 aliphatic rings. The Morgan fingerprint density at radius 2 is 1.74 bits per heavy atom. The van der Waals surface area contributed by atoms with Crippen molar-refractivity contribution in [2.45, 2.75) is 13.8 Å². The number of methoxy groups -OCH3 is 1. The van der Waals surface area contributed by atoms with E-state index in [1.165, 1.54) is 11.1 Å². The number of pyridine rings is 1. The minimum atomic E-state index is 0.573. The molecule has 194 valence electrons. The number of rotatable bonds is 7. The molecule has 0 saturated carbocycles. The molecule has 3 aromatic carbocycles. The van der Waals surface area contributed by atoms with Gasteiger partial charge in [-0.3, -0.25) is 9.88 Å². The van der Waals surface area contributed by atoms with Crippen molar-refractivity contribution in [2.75, 3.05) is 46.6 Å². The molecule has 0 aliphatic carbocycles. The number of ether oxygens (including phenoxy) is 3. The second-order valence-electron chi connectivity index (χ2n) is 9.73. The lowest BCUT2D eigenvalue weighted by Gasteiger charge is -2.26. The zero-order valence-electron chi connectivity index (χ0n) is 22.1. The van der Waals surface area contributed by atoms with Gasteiger partial charge in [-0.2, -0.15) is 5.10 Å². The molecule has 0 spiro atoms. The molecule has 0 amide bonds. The van der Waals surface area contributed by atoms with E-state index in [9.17, 15) is 0 Å². The highest BCUT2D eigenvalue weighted by atomic mass is 16.5. The molecule has 2 aromatic heterocycles. The van der Waals surface area contributed by atoms with Crippen molar-refractivity contribution in [1.82, 2.24) is 19.7 Å². The van der Waals surface area contributed by atoms with E-state index in [4.69, 9.17) is 24.3 Å². The minimum Gasteiger partial charge on any atom is -0.493 e. The van der Waals surface area contributed by atoms with Crippen LogP contribution < -0.4 is 9.47 Å². The van der Waals surface area contributed by atoms with Gasteiger partial charge in [0.25, 0.3) is 0 Å². The highest BCUT2D eigenvalue weighted by molar-refractivity contribution is 6.08. The van der Waals surface area contributed by atoms with Crippen LogP contribution in [0.3, 0.4) is 0 Å². The SMILES string of the molecule is COc1ccc(-c2nn(-c3ccc(C)c(C)c3)c3c2cnc2ccccc23)cc1OCCN1CCOCC1. The summed E-state index contributed by atoms with van der Waals surface area (Å²) in [6, 6.07) is 20.7. The Morgan fingerprint density at radius 3 is 2.55 bits per heavy atom. The van der Waals surface area contributed by atoms with Crippen molar-refractivity contribution in [3.05, 3.63) is 78.0 Å². The predicted molar refractivity (Wildman–Crippen MR) is 151 cm³/mol. The molecule has 7 nitrogen and oxygen atoms in total. The summed E-state index contributed by atoms with van der Waals surface area (Å²) in [5.74, 6) is 1.41. The summed E-state index contributed by atoms with van der Waals surface area (Å²) in [4.78, 5) is 7.12. The molecule has 3 heterocycles. The van der Waals surface area contributed by atoms with E-state index in [0.717, 1.165) is 71.6 Å². The van der Waals surface area contributed by atoms with Crippen LogP contribution in [0.2, 0.25) is 0 Å². The van der Waals surface area contributed by atoms with Crippen molar-refractivity contribution < 1.29 is 14.2 Å². The Balaban J connectivity index is 1.44. The standard InChI is InChI=1S/C31H32N4O3/c1-21-8-10-24(18-22(21)2)35-31-25-6-4-5-7-27(25)32-20-26(31)30(33-35)23-9-11-28(36-3)29(19-23)38-17-14-34-12-15-37-16-13-34/h4-11,18-20H,12-17H2,1-3H3. The van der Waals surface area contributed by atoms with Crippen LogP contribution in [-0.2, 0) is 4.74 Å². The smallest absolute Gasteiger partial charge is 0.161 e. The monoisotopic (exact) mass is 508 g/mol. The molecular formula is C31H32N4O3. The molecule has 1 saturated heterocycles. The van der Waals surface area contributed by atoms with Crippen molar-refractivity contribution in [2.24, 2.45) is 0 Å². The largest absolute Gasteiger partial charge is 0.493 e. The molecule has 0 N–H and O–H groups in total. The van der Waals surface area contributed by atoms with E-state index in [2.05, 4.69) is 49.1 Å². The van der Waals surface area contributed by atoms with Crippen LogP contribution >= 0.6 is 0 Å². The molecule has 7 heteroatoms. The number of nitrogens with zero attached hydrogens (tertiary/aromatic N) is 4. The van der Waals surface area contributed by atoms with Crippen LogP contribution in [0.25, 0.3) is 38.8 Å². The fraction of sp³-hybridized carbons (Fsp3) is 0.290. The normalized spacial score (nSPS) is 14.3. The Hall–Kier alpha value is -3.94. The summed E-state index contributed by atoms with van der Waals surface area (Å²) in [7, 11) is 1.67. The zero-order chi connectivity index (χ0) is 26.1. The van der Waals surface area contributed by atoms with Gasteiger partial charge in [0.05, 0.1) is 37.0 Å². The van der Waals surface area contributed by atoms with Gasteiger partial charge in [-0.1, -0.05) is 24.3 Å². The van der Waals surface area contributed by atoms with Crippen molar-refractivity contribution >= 4 is 21.8 Å². The number of hydrogen-bond acceptors (Lipinski definition) is 6. The lowest BCUT2D eigenvalue weighted by atomic mass is 10.1. The lowest BCUT2D eigenvalue weighted by molar-refractivity contribution is 0.0321. The molecular weight excluding hydrogens is 476 g/mol. The van der Waals surface area contributed by atoms with E-state index in [0.29, 0.717) is 18.1 Å². The van der Waals surface area contributed by atoms with E-state index in [1.807, 2.05) is 41.2 Å². The van der Waals surface area contributed by atoms with Gasteiger partial charge in [-0.05, 0) is 61.4 Å². The molecule has 0 unspecified atom stereocenters. The van der Waals surface area contributed by atoms with Crippen molar-refractivity contribution in [3.63, 3.8) is 0 Å². The maximum Gasteiger partial charge on any atom is 0.161 e. The summed E-state index contributed by atoms with van der Waals surface area (Å²) in [6.07, 6.45) is 1.93. The molecule has 0 atom stereocenters. The highest BCUT2D eigenvalue weighted by Gasteiger charge is 2.19. The lowest BCUT2D eigenvalue weighted by Crippen LogP contribution is -2.38. The maximum atomic E-state index is 6.24. The molecule has 0 bridgehead atoms. The summed E-state index contributed by atoms with van der Waals surface area (Å²) in [5.41, 5.74) is 7.31. The van der Waals surface area contributed by atoms with Gasteiger partial charge in [0.1, 0.15) is 12.3 Å². The Morgan fingerprint density at radius 1 is 0.895 bits per heavy atom. The number of para-hydroxylation sites is 1. The van der Waals surface area contributed by atoms with Crippen LogP contribution in [-0.4, -0.2) is 66.2 Å². The predicted octanol–water partition coefficient (Wildman–Crippen LogP) is 5.58. The number of hydrogen-bond donors (Lipinski definition) is 0. The van der Waals surface area contributed by atoms with Crippen LogP contribution in [0.4, 0.5) is 0 Å². The Labute approximate surface area is 222 Å². The van der Waals surface area contributed by atoms with Crippen LogP contribution in [0, 0.1) is 13.8 Å². The van der Waals surface area contributed by atoms with Crippen LogP contribution in [0.5, 0.6) is 11.5 Å². The average molecular weight is 509 g/mol. The van der Waals surface area contributed by atoms with Gasteiger partial charge < -0.3 is 14.2 Å². The number of aromatic nitrogens is 3. The summed E-state index contributed by atoms with van der Waals surface area (Å²) in [5, 5.41) is 7.22. The van der Waals surface area contributed by atoms with Gasteiger partial charge in [0.2, 0.25) is 0 Å². The third-order valence-corrected chi connectivity index (χ3v) is 7.35. The van der Waals surface area contributed by atoms with E-state index < -0.39 is 0 Å². The number of benzene rings is 3. The van der Waals surface area contributed by atoms with E-state index in [-0.39, 0.29) is 0 Å². The first-order valence-electron chi connectivity index (χ1n) is 13.1. The van der Waals surface area contributed by atoms with Crippen molar-refractivity contribution in [3.8, 4) is 28.4 Å². The molecule has 38 heavy (non-hydrogen) atoms. The second-order valence-corrected chi connectivity index (χ2v) is 9.73. The molecule has 1 fully saturated rings. The Kier molecular flexibility index (Phi) is 6.70. The molecule has 5 aromatic rings. The van der Waals surface area contributed by atoms with Gasteiger partial charge in [0, 0.05) is 42.2 Å². The van der Waals surface area contributed by atoms with Gasteiger partial charge in [-0.15, -0.1) is 0 Å². The number of fused-ring (bicyclic) bond motifs is 3. The number of aryl methyl sites for hydroxylation is 2. The fourth-order valence-electron chi connectivity index (χ4n) is 5.04. The van der Waals surface area contributed by atoms with Gasteiger partial charge in [0.15, 0.2) is 11.5 Å². The average Bonchev–Trinajstić information content (AvgIpc) is 3.35. The minimum absolute atomic E-state index is 0.573. The molecule has 6 rings (SSSR count). The first-order chi connectivity index (χ1) is 18.6. The quantitative estimate of drug-likeness (QED) is 0.286. The van der Waals surface area contributed by atoms with E-state index in [1.54, 1.807) is 7.11 Å². The second kappa shape index (κ2) is 10.4. The summed E-state index contributed by atoms with van der Waals surface area (Å²) < 4.78 is 19.4. The van der Waals surface area contributed by atoms with Crippen LogP contribution in [0.15, 0.2) is 66.9 Å². The molecule has 0 radical (unpaired) electrons.